The number of hydrogen-bond acceptors (Lipinski definition) is 4. The van der Waals surface area contributed by atoms with Crippen LogP contribution in [0.1, 0.15) is 61.1 Å². The van der Waals surface area contributed by atoms with E-state index < -0.39 is 0 Å². The second-order valence-electron chi connectivity index (χ2n) is 12.4. The molecule has 0 N–H and O–H groups in total. The van der Waals surface area contributed by atoms with Gasteiger partial charge in [0, 0.05) is 34.2 Å². The van der Waals surface area contributed by atoms with Crippen molar-refractivity contribution in [3.8, 4) is 0 Å². The summed E-state index contributed by atoms with van der Waals surface area (Å²) in [6, 6.07) is 8.96. The van der Waals surface area contributed by atoms with Crippen LogP contribution in [0.2, 0.25) is 0 Å². The first-order chi connectivity index (χ1) is 21.9. The van der Waals surface area contributed by atoms with Crippen molar-refractivity contribution in [1.29, 1.82) is 0 Å². The molecular formula is C40H46FeN6. The average molecular weight is 667 g/mol. The summed E-state index contributed by atoms with van der Waals surface area (Å²) in [6.07, 6.45) is 19.7. The topological polar surface area (TPSA) is 41.2 Å². The van der Waals surface area contributed by atoms with Gasteiger partial charge in [-0.15, -0.1) is 24.7 Å². The summed E-state index contributed by atoms with van der Waals surface area (Å²) < 4.78 is 0. The molecule has 0 amide bonds. The van der Waals surface area contributed by atoms with Gasteiger partial charge in [-0.05, 0) is 104 Å². The molecule has 0 saturated heterocycles. The van der Waals surface area contributed by atoms with Crippen molar-refractivity contribution >= 4 is 11.4 Å². The average Bonchev–Trinajstić information content (AvgIpc) is 3.43. The van der Waals surface area contributed by atoms with Gasteiger partial charge in [-0.3, -0.25) is 0 Å². The molecule has 6 nitrogen and oxygen atoms in total. The molecule has 0 unspecified atom stereocenters. The van der Waals surface area contributed by atoms with Gasteiger partial charge in [0.25, 0.3) is 0 Å². The molecule has 2 aromatic rings. The van der Waals surface area contributed by atoms with E-state index in [9.17, 15) is 0 Å². The SMILES string of the molecule is CC1=C(C)N(c2c(C)cc(C)cc2C)[CH-]N1/C=C1/C=CC=C[N-]1.CC1=C(C)N(c2c(C)cc(C)cc2C)[CH-]N1/C=C1/C=CC=C[N-]1.[Fe+4]. The second-order valence-corrected chi connectivity index (χ2v) is 12.4. The van der Waals surface area contributed by atoms with Crippen LogP contribution in [0.15, 0.2) is 120 Å². The summed E-state index contributed by atoms with van der Waals surface area (Å²) in [7, 11) is 0. The van der Waals surface area contributed by atoms with E-state index in [1.807, 2.05) is 48.9 Å². The van der Waals surface area contributed by atoms with Crippen molar-refractivity contribution in [2.45, 2.75) is 69.2 Å². The molecule has 4 aliphatic heterocycles. The molecule has 244 valence electrons. The first-order valence-corrected chi connectivity index (χ1v) is 15.8. The zero-order chi connectivity index (χ0) is 33.1. The fraction of sp³-hybridized carbons (Fsp3) is 0.250. The van der Waals surface area contributed by atoms with Crippen LogP contribution in [0.3, 0.4) is 0 Å². The van der Waals surface area contributed by atoms with Crippen molar-refractivity contribution in [2.24, 2.45) is 0 Å². The number of benzene rings is 2. The van der Waals surface area contributed by atoms with Crippen LogP contribution in [0, 0.1) is 54.9 Å². The summed E-state index contributed by atoms with van der Waals surface area (Å²) in [5.41, 5.74) is 17.2. The van der Waals surface area contributed by atoms with Crippen molar-refractivity contribution < 1.29 is 17.1 Å². The zero-order valence-corrected chi connectivity index (χ0v) is 30.4. The smallest absolute Gasteiger partial charge is 0.663 e. The van der Waals surface area contributed by atoms with Crippen LogP contribution < -0.4 is 9.80 Å². The molecule has 0 spiro atoms. The van der Waals surface area contributed by atoms with Crippen LogP contribution in [-0.2, 0) is 17.1 Å². The van der Waals surface area contributed by atoms with Gasteiger partial charge in [0.1, 0.15) is 0 Å². The Labute approximate surface area is 293 Å². The van der Waals surface area contributed by atoms with Crippen LogP contribution >= 0.6 is 0 Å². The number of nitrogens with zero attached hydrogens (tertiary/aromatic N) is 6. The van der Waals surface area contributed by atoms with E-state index in [2.05, 4.69) is 149 Å². The summed E-state index contributed by atoms with van der Waals surface area (Å²) in [5, 5.41) is 8.78. The minimum atomic E-state index is 0. The van der Waals surface area contributed by atoms with E-state index in [-0.39, 0.29) is 17.1 Å². The fourth-order valence-corrected chi connectivity index (χ4v) is 6.32. The maximum atomic E-state index is 4.39. The Hall–Kier alpha value is -4.32. The maximum absolute atomic E-state index is 4.39. The predicted molar refractivity (Wildman–Crippen MR) is 195 cm³/mol. The first kappa shape index (κ1) is 35.5. The maximum Gasteiger partial charge on any atom is 4.00 e. The van der Waals surface area contributed by atoms with Gasteiger partial charge in [-0.25, -0.2) is 0 Å². The van der Waals surface area contributed by atoms with Gasteiger partial charge in [0.2, 0.25) is 0 Å². The van der Waals surface area contributed by atoms with E-state index in [1.54, 1.807) is 0 Å². The molecule has 0 saturated carbocycles. The normalized spacial score (nSPS) is 18.7. The zero-order valence-electron chi connectivity index (χ0n) is 29.3. The monoisotopic (exact) mass is 666 g/mol. The van der Waals surface area contributed by atoms with Gasteiger partial charge in [0.15, 0.2) is 0 Å². The number of aryl methyl sites for hydroxylation is 6. The van der Waals surface area contributed by atoms with Crippen molar-refractivity contribution in [3.05, 3.63) is 177 Å². The Balaban J connectivity index is 0.000000208. The molecule has 0 aromatic heterocycles. The molecule has 4 aliphatic rings. The number of anilines is 2. The predicted octanol–water partition coefficient (Wildman–Crippen LogP) is 10.8. The molecule has 0 bridgehead atoms. The molecule has 6 rings (SSSR count). The van der Waals surface area contributed by atoms with Crippen LogP contribution in [0.25, 0.3) is 10.6 Å². The summed E-state index contributed by atoms with van der Waals surface area (Å²) in [4.78, 5) is 8.85. The summed E-state index contributed by atoms with van der Waals surface area (Å²) in [6.45, 7) is 25.9. The number of hydrogen-bond donors (Lipinski definition) is 0. The minimum absolute atomic E-state index is 0. The fourth-order valence-electron chi connectivity index (χ4n) is 6.32. The molecule has 0 radical (unpaired) electrons. The molecule has 0 atom stereocenters. The Morgan fingerprint density at radius 2 is 0.830 bits per heavy atom. The van der Waals surface area contributed by atoms with Crippen molar-refractivity contribution in [2.75, 3.05) is 9.80 Å². The van der Waals surface area contributed by atoms with Gasteiger partial charge in [-0.2, -0.15) is 12.4 Å². The van der Waals surface area contributed by atoms with Crippen LogP contribution in [-0.4, -0.2) is 9.80 Å². The third-order valence-electron chi connectivity index (χ3n) is 8.70. The van der Waals surface area contributed by atoms with Crippen LogP contribution in [0.5, 0.6) is 0 Å². The van der Waals surface area contributed by atoms with E-state index in [0.717, 1.165) is 11.4 Å². The third-order valence-corrected chi connectivity index (χ3v) is 8.70. The number of allylic oxidation sites excluding steroid dienone is 10. The van der Waals surface area contributed by atoms with Gasteiger partial charge in [0.05, 0.1) is 0 Å². The second kappa shape index (κ2) is 15.1. The van der Waals surface area contributed by atoms with E-state index >= 15 is 0 Å². The molecule has 0 aliphatic carbocycles. The Kier molecular flexibility index (Phi) is 11.4. The molecule has 47 heavy (non-hydrogen) atoms. The first-order valence-electron chi connectivity index (χ1n) is 15.8. The van der Waals surface area contributed by atoms with Gasteiger partial charge >= 0.3 is 17.1 Å². The van der Waals surface area contributed by atoms with E-state index in [1.165, 1.54) is 67.5 Å². The van der Waals surface area contributed by atoms with Gasteiger partial charge in [-0.1, -0.05) is 71.8 Å². The van der Waals surface area contributed by atoms with Crippen molar-refractivity contribution in [1.82, 2.24) is 9.80 Å². The van der Waals surface area contributed by atoms with E-state index in [4.69, 9.17) is 0 Å². The third kappa shape index (κ3) is 7.81. The standard InChI is InChI=1S/2C20H23N3.Fe/c2*1-14-10-15(2)20(16(3)11-14)23-13-22(17(4)18(23)5)12-19-8-6-7-9-21-19;/h2*6-13H,1-5H3;/q2*-2;+4/b2*19-12-;. The van der Waals surface area contributed by atoms with Crippen molar-refractivity contribution in [3.63, 3.8) is 0 Å². The summed E-state index contributed by atoms with van der Waals surface area (Å²) in [5.74, 6) is 0. The Bertz CT molecular complexity index is 1590. The largest absolute Gasteiger partial charge is 4.00 e. The Morgan fingerprint density at radius 3 is 1.13 bits per heavy atom. The molecular weight excluding hydrogens is 620 g/mol. The number of rotatable bonds is 4. The quantitative estimate of drug-likeness (QED) is 0.241. The molecule has 4 heterocycles. The molecule has 7 heteroatoms. The molecule has 2 aromatic carbocycles. The minimum Gasteiger partial charge on any atom is -0.663 e. The summed E-state index contributed by atoms with van der Waals surface area (Å²) >= 11 is 0. The van der Waals surface area contributed by atoms with Gasteiger partial charge < -0.3 is 30.2 Å². The molecule has 0 fully saturated rings. The van der Waals surface area contributed by atoms with Crippen LogP contribution in [0.4, 0.5) is 11.4 Å². The Morgan fingerprint density at radius 1 is 0.489 bits per heavy atom. The van der Waals surface area contributed by atoms with E-state index in [0.29, 0.717) is 0 Å².